The van der Waals surface area contributed by atoms with Crippen LogP contribution in [0.2, 0.25) is 0 Å². The Morgan fingerprint density at radius 2 is 1.82 bits per heavy atom. The molecule has 0 saturated heterocycles. The molecule has 58 valence electrons. The normalized spacial score (nSPS) is 10.4. The summed E-state index contributed by atoms with van der Waals surface area (Å²) in [4.78, 5) is 8.23. The van der Waals surface area contributed by atoms with Crippen molar-refractivity contribution in [3.05, 3.63) is 30.5 Å². The number of hydrogen-bond donors (Lipinski definition) is 0. The summed E-state index contributed by atoms with van der Waals surface area (Å²) in [6.45, 7) is 0. The van der Waals surface area contributed by atoms with Crippen molar-refractivity contribution in [2.45, 2.75) is 0 Å². The second-order valence-electron chi connectivity index (χ2n) is 2.14. The van der Waals surface area contributed by atoms with Gasteiger partial charge in [-0.15, -0.1) is 0 Å². The van der Waals surface area contributed by atoms with Gasteiger partial charge in [0.15, 0.2) is 0 Å². The molecular formula is C8H5CuN2. The average Bonchev–Trinajstić information content (AvgIpc) is 2.04. The fraction of sp³-hybridized carbons (Fsp3) is 0. The van der Waals surface area contributed by atoms with Crippen molar-refractivity contribution in [3.8, 4) is 0 Å². The van der Waals surface area contributed by atoms with E-state index in [1.807, 2.05) is 24.3 Å². The summed E-state index contributed by atoms with van der Waals surface area (Å²) >= 11 is 5.01. The van der Waals surface area contributed by atoms with Gasteiger partial charge in [0.25, 0.3) is 0 Å². The summed E-state index contributed by atoms with van der Waals surface area (Å²) in [6.07, 6.45) is 1.59. The summed E-state index contributed by atoms with van der Waals surface area (Å²) in [7, 11) is 0. The van der Waals surface area contributed by atoms with Crippen LogP contribution in [0.1, 0.15) is 0 Å². The maximum absolute atomic E-state index is 5.01. The Kier molecular flexibility index (Phi) is 1.60. The molecule has 0 unspecified atom stereocenters. The first kappa shape index (κ1) is 6.77. The number of benzene rings is 1. The van der Waals surface area contributed by atoms with Gasteiger partial charge in [-0.1, -0.05) is 0 Å². The van der Waals surface area contributed by atoms with Crippen LogP contribution in [0.5, 0.6) is 0 Å². The Morgan fingerprint density at radius 1 is 1.09 bits per heavy atom. The van der Waals surface area contributed by atoms with E-state index in [2.05, 4.69) is 9.97 Å². The molecule has 1 aromatic carbocycles. The molecule has 0 bridgehead atoms. The average molecular weight is 193 g/mol. The molecular weight excluding hydrogens is 188 g/mol. The zero-order valence-corrected chi connectivity index (χ0v) is 6.52. The van der Waals surface area contributed by atoms with Crippen molar-refractivity contribution in [1.82, 2.24) is 9.97 Å². The van der Waals surface area contributed by atoms with E-state index in [1.54, 1.807) is 6.20 Å². The molecule has 1 heterocycles. The van der Waals surface area contributed by atoms with Gasteiger partial charge in [0.1, 0.15) is 0 Å². The number of nitrogens with zero attached hydrogens (tertiary/aromatic N) is 2. The molecule has 0 saturated carbocycles. The third-order valence-electron chi connectivity index (χ3n) is 1.40. The van der Waals surface area contributed by atoms with Crippen molar-refractivity contribution in [2.24, 2.45) is 0 Å². The van der Waals surface area contributed by atoms with E-state index in [1.165, 1.54) is 0 Å². The topological polar surface area (TPSA) is 25.8 Å². The molecule has 0 fully saturated rings. The van der Waals surface area contributed by atoms with Crippen molar-refractivity contribution >= 4 is 15.6 Å². The summed E-state index contributed by atoms with van der Waals surface area (Å²) in [6, 6.07) is 7.66. The molecule has 0 aliphatic heterocycles. The Balaban J connectivity index is 2.83. The SMILES string of the molecule is [Cu][c]1cnc2ccccc2n1. The zero-order chi connectivity index (χ0) is 7.68. The number of para-hydroxylation sites is 2. The van der Waals surface area contributed by atoms with E-state index in [-0.39, 0.29) is 0 Å². The van der Waals surface area contributed by atoms with Crippen molar-refractivity contribution in [2.75, 3.05) is 0 Å². The summed E-state index contributed by atoms with van der Waals surface area (Å²) in [5.74, 6) is 0. The van der Waals surface area contributed by atoms with E-state index < -0.39 is 0 Å². The number of fused-ring (bicyclic) bond motifs is 1. The molecule has 0 aliphatic carbocycles. The molecule has 0 N–H and O–H groups in total. The monoisotopic (exact) mass is 192 g/mol. The molecule has 2 rings (SSSR count). The molecule has 2 aromatic rings. The molecule has 3 heteroatoms. The standard InChI is InChI=1S/C8H5N2.Cu/c1-2-4-8-7(3-1)9-5-6-10-8;/h1-5H;. The fourth-order valence-electron chi connectivity index (χ4n) is 0.920. The van der Waals surface area contributed by atoms with Crippen LogP contribution in [0.15, 0.2) is 30.5 Å². The predicted molar refractivity (Wildman–Crippen MR) is 39.2 cm³/mol. The van der Waals surface area contributed by atoms with Crippen LogP contribution < -0.4 is 4.59 Å². The van der Waals surface area contributed by atoms with Gasteiger partial charge in [0.2, 0.25) is 0 Å². The van der Waals surface area contributed by atoms with Crippen LogP contribution in [-0.4, -0.2) is 9.97 Å². The molecule has 11 heavy (non-hydrogen) atoms. The minimum atomic E-state index is 0.524. The molecule has 1 aromatic heterocycles. The van der Waals surface area contributed by atoms with Crippen molar-refractivity contribution in [3.63, 3.8) is 0 Å². The number of hydrogen-bond acceptors (Lipinski definition) is 2. The van der Waals surface area contributed by atoms with E-state index in [0.29, 0.717) is 4.59 Å². The van der Waals surface area contributed by atoms with E-state index in [0.717, 1.165) is 11.0 Å². The van der Waals surface area contributed by atoms with Gasteiger partial charge in [-0.2, -0.15) is 0 Å². The van der Waals surface area contributed by atoms with Crippen LogP contribution in [-0.2, 0) is 16.0 Å². The maximum atomic E-state index is 5.01. The second kappa shape index (κ2) is 2.61. The van der Waals surface area contributed by atoms with Gasteiger partial charge in [-0.25, -0.2) is 0 Å². The fourth-order valence-corrected chi connectivity index (χ4v) is 1.09. The zero-order valence-electron chi connectivity index (χ0n) is 5.58. The van der Waals surface area contributed by atoms with Crippen LogP contribution >= 0.6 is 0 Å². The third kappa shape index (κ3) is 1.25. The molecule has 0 aliphatic rings. The van der Waals surface area contributed by atoms with Crippen molar-refractivity contribution < 1.29 is 16.0 Å². The molecule has 0 radical (unpaired) electrons. The number of aromatic nitrogens is 2. The van der Waals surface area contributed by atoms with Crippen LogP contribution in [0.25, 0.3) is 11.0 Å². The van der Waals surface area contributed by atoms with E-state index in [4.69, 9.17) is 16.0 Å². The summed E-state index contributed by atoms with van der Waals surface area (Å²) in [5.41, 5.74) is 1.74. The number of rotatable bonds is 0. The van der Waals surface area contributed by atoms with E-state index in [9.17, 15) is 0 Å². The Labute approximate surface area is 72.5 Å². The first-order valence-corrected chi connectivity index (χ1v) is 3.67. The van der Waals surface area contributed by atoms with E-state index >= 15 is 0 Å². The van der Waals surface area contributed by atoms with Crippen LogP contribution in [0, 0.1) is 0 Å². The molecule has 0 amide bonds. The van der Waals surface area contributed by atoms with Crippen molar-refractivity contribution in [1.29, 1.82) is 0 Å². The van der Waals surface area contributed by atoms with Gasteiger partial charge >= 0.3 is 72.1 Å². The predicted octanol–water partition coefficient (Wildman–Crippen LogP) is 0.802. The first-order valence-electron chi connectivity index (χ1n) is 3.20. The Bertz CT molecular complexity index is 387. The van der Waals surface area contributed by atoms with Gasteiger partial charge < -0.3 is 0 Å². The minimum absolute atomic E-state index is 0.524. The first-order chi connectivity index (χ1) is 5.36. The Morgan fingerprint density at radius 3 is 2.64 bits per heavy atom. The van der Waals surface area contributed by atoms with Gasteiger partial charge in [0.05, 0.1) is 0 Å². The second-order valence-corrected chi connectivity index (χ2v) is 2.62. The Hall–Kier alpha value is -0.921. The van der Waals surface area contributed by atoms with Gasteiger partial charge in [0, 0.05) is 0 Å². The summed E-state index contributed by atoms with van der Waals surface area (Å²) in [5, 5.41) is 0. The van der Waals surface area contributed by atoms with Crippen LogP contribution in [0.3, 0.4) is 0 Å². The van der Waals surface area contributed by atoms with Gasteiger partial charge in [-0.3, -0.25) is 0 Å². The third-order valence-corrected chi connectivity index (χ3v) is 1.63. The van der Waals surface area contributed by atoms with Gasteiger partial charge in [-0.05, 0) is 0 Å². The summed E-state index contributed by atoms with van der Waals surface area (Å²) < 4.78 is 0.524. The molecule has 0 atom stereocenters. The van der Waals surface area contributed by atoms with Crippen LogP contribution in [0.4, 0.5) is 0 Å². The quantitative estimate of drug-likeness (QED) is 0.578. The molecule has 2 nitrogen and oxygen atoms in total. The molecule has 0 spiro atoms.